The van der Waals surface area contributed by atoms with Crippen LogP contribution in [-0.4, -0.2) is 20.0 Å². The second-order valence-electron chi connectivity index (χ2n) is 13.0. The van der Waals surface area contributed by atoms with E-state index in [9.17, 15) is 0 Å². The number of rotatable bonds is 35. The molecule has 49 heavy (non-hydrogen) atoms. The van der Waals surface area contributed by atoms with Gasteiger partial charge >= 0.3 is 12.9 Å². The van der Waals surface area contributed by atoms with E-state index in [4.69, 9.17) is 59.8 Å². The molecule has 0 amide bonds. The van der Waals surface area contributed by atoms with E-state index in [1.54, 1.807) is 7.11 Å². The van der Waals surface area contributed by atoms with Crippen LogP contribution in [0.2, 0.25) is 12.1 Å². The van der Waals surface area contributed by atoms with E-state index in [2.05, 4.69) is 13.2 Å². The fourth-order valence-electron chi connectivity index (χ4n) is 5.58. The molecular weight excluding hydrogens is 742 g/mol. The van der Waals surface area contributed by atoms with Gasteiger partial charge in [-0.2, -0.15) is 0 Å². The average molecular weight is 830 g/mol. The fourth-order valence-corrected chi connectivity index (χ4v) is 9.10. The molecule has 8 heteroatoms. The Labute approximate surface area is 336 Å². The van der Waals surface area contributed by atoms with E-state index < -0.39 is 12.9 Å². The van der Waals surface area contributed by atoms with Crippen molar-refractivity contribution in [3.05, 3.63) is 25.3 Å². The molecule has 0 N–H and O–H groups in total. The molecule has 300 valence electrons. The number of halogens is 5. The smallest absolute Gasteiger partial charge is 0.389 e. The highest BCUT2D eigenvalue weighted by molar-refractivity contribution is 7.64. The van der Waals surface area contributed by atoms with E-state index >= 15 is 0 Å². The Kier molecular flexibility index (Phi) is 60.0. The van der Waals surface area contributed by atoms with Gasteiger partial charge in [-0.3, -0.25) is 0 Å². The second kappa shape index (κ2) is 49.3. The molecule has 0 rings (SSSR count). The first-order valence-corrected chi connectivity index (χ1v) is 29.3. The van der Waals surface area contributed by atoms with Crippen LogP contribution in [0.1, 0.15) is 221 Å². The van der Waals surface area contributed by atoms with Gasteiger partial charge in [0.05, 0.1) is 0 Å². The van der Waals surface area contributed by atoms with Crippen LogP contribution in [0.4, 0.5) is 0 Å². The maximum Gasteiger partial charge on any atom is 0.389 e. The third kappa shape index (κ3) is 61.7. The normalized spacial score (nSPS) is 10.9. The van der Waals surface area contributed by atoms with Crippen LogP contribution in [0, 0.1) is 0 Å². The summed E-state index contributed by atoms with van der Waals surface area (Å²) in [5, 5.41) is 0. The van der Waals surface area contributed by atoms with Crippen molar-refractivity contribution in [1.82, 2.24) is 0 Å². The molecule has 0 aromatic carbocycles. The Bertz CT molecular complexity index is 603. The number of allylic oxidation sites excluding steroid dienone is 2. The Morgan fingerprint density at radius 3 is 0.796 bits per heavy atom. The lowest BCUT2D eigenvalue weighted by Gasteiger charge is -2.13. The van der Waals surface area contributed by atoms with Gasteiger partial charge in [-0.15, -0.1) is 68.6 Å². The highest BCUT2D eigenvalue weighted by Crippen LogP contribution is 2.28. The first-order chi connectivity index (χ1) is 22.7. The lowest BCUT2D eigenvalue weighted by atomic mass is 10.0. The summed E-state index contributed by atoms with van der Waals surface area (Å²) in [6.07, 6.45) is 44.5. The molecule has 0 spiro atoms. The average Bonchev–Trinajstić information content (AvgIpc) is 3.05. The van der Waals surface area contributed by atoms with E-state index in [0.29, 0.717) is 0 Å². The van der Waals surface area contributed by atoms with Crippen molar-refractivity contribution in [2.75, 3.05) is 7.11 Å². The monoisotopic (exact) mass is 826 g/mol. The fraction of sp³-hybridized carbons (Fsp3) is 0.902. The Morgan fingerprint density at radius 1 is 0.388 bits per heavy atom. The van der Waals surface area contributed by atoms with Crippen LogP contribution in [0.25, 0.3) is 0 Å². The van der Waals surface area contributed by atoms with E-state index in [-0.39, 0.29) is 14.9 Å². The van der Waals surface area contributed by atoms with Gasteiger partial charge < -0.3 is 4.43 Å². The molecule has 0 bridgehead atoms. The summed E-state index contributed by atoms with van der Waals surface area (Å²) in [6, 6.07) is -0.666. The molecule has 0 fully saturated rings. The zero-order chi connectivity index (χ0) is 35.7. The first-order valence-electron chi connectivity index (χ1n) is 19.9. The minimum absolute atomic E-state index is 0. The largest absolute Gasteiger partial charge is 0.396 e. The predicted octanol–water partition coefficient (Wildman–Crippen LogP) is 19.1. The molecule has 0 aromatic rings. The third-order valence-electron chi connectivity index (χ3n) is 8.54. The molecule has 0 radical (unpaired) electrons. The minimum atomic E-state index is -2.35. The molecule has 0 aliphatic rings. The van der Waals surface area contributed by atoms with Crippen molar-refractivity contribution in [3.63, 3.8) is 0 Å². The van der Waals surface area contributed by atoms with Crippen LogP contribution in [0.15, 0.2) is 25.3 Å². The van der Waals surface area contributed by atoms with Gasteiger partial charge in [0.25, 0.3) is 0 Å². The van der Waals surface area contributed by atoms with Gasteiger partial charge in [-0.1, -0.05) is 208 Å². The van der Waals surface area contributed by atoms with Crippen molar-refractivity contribution < 1.29 is 4.43 Å². The van der Waals surface area contributed by atoms with Gasteiger partial charge in [0, 0.05) is 7.11 Å². The molecule has 0 atom stereocenters. The Morgan fingerprint density at radius 2 is 0.592 bits per heavy atom. The van der Waals surface area contributed by atoms with Gasteiger partial charge in [-0.05, 0) is 37.8 Å². The number of unbranched alkanes of at least 4 members (excludes halogenated alkanes) is 28. The lowest BCUT2D eigenvalue weighted by Crippen LogP contribution is -2.21. The molecule has 0 aliphatic carbocycles. The van der Waals surface area contributed by atoms with Gasteiger partial charge in [-0.25, -0.2) is 0 Å². The summed E-state index contributed by atoms with van der Waals surface area (Å²) in [6.45, 7) is 9.18. The summed E-state index contributed by atoms with van der Waals surface area (Å²) < 4.78 is 5.13. The van der Waals surface area contributed by atoms with Gasteiger partial charge in [0.2, 0.25) is 0 Å². The molecule has 0 aromatic heterocycles. The molecule has 0 unspecified atom stereocenters. The van der Waals surface area contributed by atoms with Gasteiger partial charge in [0.1, 0.15) is 0 Å². The number of hydrogen-bond acceptors (Lipinski definition) is 1. The van der Waals surface area contributed by atoms with Crippen molar-refractivity contribution in [1.29, 1.82) is 0 Å². The molecule has 1 nitrogen and oxygen atoms in total. The van der Waals surface area contributed by atoms with E-state index in [1.807, 2.05) is 26.0 Å². The highest BCUT2D eigenvalue weighted by Gasteiger charge is 2.27. The van der Waals surface area contributed by atoms with E-state index in [0.717, 1.165) is 24.9 Å². The molecule has 0 aliphatic heterocycles. The Hall–Kier alpha value is 1.32. The lowest BCUT2D eigenvalue weighted by molar-refractivity contribution is 0.424. The summed E-state index contributed by atoms with van der Waals surface area (Å²) in [4.78, 5) is 0. The molecule has 0 saturated carbocycles. The quantitative estimate of drug-likeness (QED) is 0.0268. The van der Waals surface area contributed by atoms with Crippen molar-refractivity contribution in [3.8, 4) is 0 Å². The molecule has 0 saturated heterocycles. The van der Waals surface area contributed by atoms with Gasteiger partial charge in [0.15, 0.2) is 0 Å². The SMILES string of the molecule is C.C.C=CCCCCCCCCCCCCCCCC[Si](Cl)(Cl)Cl.C=CCCCCCCCCCCCCCCCC[Si](Cl)(Cl)OC.CC. The van der Waals surface area contributed by atoms with Crippen LogP contribution in [-0.2, 0) is 4.43 Å². The summed E-state index contributed by atoms with van der Waals surface area (Å²) in [5.41, 5.74) is 0. The van der Waals surface area contributed by atoms with Crippen molar-refractivity contribution >= 4 is 68.3 Å². The zero-order valence-corrected chi connectivity index (χ0v) is 37.3. The summed E-state index contributed by atoms with van der Waals surface area (Å²) in [5.74, 6) is 0. The first kappa shape index (κ1) is 59.6. The van der Waals surface area contributed by atoms with Crippen molar-refractivity contribution in [2.45, 2.75) is 233 Å². The number of hydrogen-bond donors (Lipinski definition) is 0. The minimum Gasteiger partial charge on any atom is -0.396 e. The maximum atomic E-state index is 6.06. The topological polar surface area (TPSA) is 9.23 Å². The standard InChI is InChI=1S/C19H38Cl2OSi.C18H35Cl3Si.C2H6.2CH4/c1-3-4-5-6-7-8-9-10-11-12-13-14-15-16-17-18-19-23(20,21)22-2;1-2-3-4-5-6-7-8-9-10-11-12-13-14-15-16-17-18-22(19,20)21;1-2;;/h3H,1,4-19H2,2H3;2H,1,3-18H2;1-2H3;2*1H4. The summed E-state index contributed by atoms with van der Waals surface area (Å²) >= 11 is 29.7. The predicted molar refractivity (Wildman–Crippen MR) is 241 cm³/mol. The maximum absolute atomic E-state index is 6.06. The van der Waals surface area contributed by atoms with Crippen LogP contribution < -0.4 is 0 Å². The molecule has 0 heterocycles. The highest BCUT2D eigenvalue weighted by atomic mass is 35.8. The second-order valence-corrected chi connectivity index (χ2v) is 28.7. The van der Waals surface area contributed by atoms with E-state index in [1.165, 1.54) is 180 Å². The summed E-state index contributed by atoms with van der Waals surface area (Å²) in [7, 11) is 1.62. The zero-order valence-electron chi connectivity index (χ0n) is 31.5. The molecular formula is C41H87Cl5OSi2. The third-order valence-corrected chi connectivity index (χ3v) is 14.8. The Balaban J connectivity index is -0.000000241. The van der Waals surface area contributed by atoms with Crippen LogP contribution in [0.5, 0.6) is 0 Å². The van der Waals surface area contributed by atoms with Crippen LogP contribution in [0.3, 0.4) is 0 Å². The van der Waals surface area contributed by atoms with Crippen LogP contribution >= 0.6 is 55.4 Å². The van der Waals surface area contributed by atoms with Crippen molar-refractivity contribution in [2.24, 2.45) is 0 Å².